The molecule has 0 aliphatic rings. The molecule has 0 fully saturated rings. The van der Waals surface area contributed by atoms with E-state index in [0.29, 0.717) is 19.3 Å². The summed E-state index contributed by atoms with van der Waals surface area (Å²) < 4.78 is 17.0. The molecule has 0 spiro atoms. The highest BCUT2D eigenvalue weighted by Crippen LogP contribution is 2.19. The zero-order valence-electron chi connectivity index (χ0n) is 56.0. The summed E-state index contributed by atoms with van der Waals surface area (Å²) in [4.78, 5) is 38.5. The minimum Gasteiger partial charge on any atom is -0.462 e. The van der Waals surface area contributed by atoms with E-state index in [4.69, 9.17) is 14.2 Å². The normalized spacial score (nSPS) is 12.3. The topological polar surface area (TPSA) is 78.9 Å². The Balaban J connectivity index is 4.32. The van der Waals surface area contributed by atoms with Crippen LogP contribution in [0.3, 0.4) is 0 Å². The van der Waals surface area contributed by atoms with Crippen molar-refractivity contribution >= 4 is 17.9 Å². The molecule has 0 saturated heterocycles. The van der Waals surface area contributed by atoms with E-state index in [2.05, 4.69) is 69.4 Å². The van der Waals surface area contributed by atoms with Gasteiger partial charge in [-0.05, 0) is 83.5 Å². The fourth-order valence-corrected chi connectivity index (χ4v) is 11.2. The van der Waals surface area contributed by atoms with Crippen molar-refractivity contribution in [2.75, 3.05) is 13.2 Å². The van der Waals surface area contributed by atoms with Crippen molar-refractivity contribution in [3.05, 3.63) is 48.6 Å². The van der Waals surface area contributed by atoms with Crippen LogP contribution in [0.25, 0.3) is 0 Å². The first-order chi connectivity index (χ1) is 41.0. The van der Waals surface area contributed by atoms with Crippen molar-refractivity contribution in [1.82, 2.24) is 0 Å². The SMILES string of the molecule is CCCCC/C=C\C/C=C\C/C=C\CCCCCCCCC(=O)OCC(COC(=O)CCCCCCCCCCCCCCC/C=C\CCCCCCCCCC)OC(=O)CCCCCCCCCCCCCCCCCCCCCCC. The van der Waals surface area contributed by atoms with Crippen LogP contribution in [0.15, 0.2) is 48.6 Å². The van der Waals surface area contributed by atoms with Gasteiger partial charge in [-0.25, -0.2) is 0 Å². The van der Waals surface area contributed by atoms with Crippen molar-refractivity contribution in [3.63, 3.8) is 0 Å². The minimum atomic E-state index is -0.779. The lowest BCUT2D eigenvalue weighted by Gasteiger charge is -2.18. The number of unbranched alkanes of at least 4 members (excludes halogenated alkanes) is 50. The Hall–Kier alpha value is -2.63. The molecule has 6 nitrogen and oxygen atoms in total. The molecule has 83 heavy (non-hydrogen) atoms. The number of carbonyl (C=O) groups is 3. The van der Waals surface area contributed by atoms with Crippen LogP contribution >= 0.6 is 0 Å². The van der Waals surface area contributed by atoms with E-state index >= 15 is 0 Å². The lowest BCUT2D eigenvalue weighted by atomic mass is 10.0. The largest absolute Gasteiger partial charge is 0.462 e. The maximum absolute atomic E-state index is 13.0. The van der Waals surface area contributed by atoms with Crippen LogP contribution in [0.2, 0.25) is 0 Å². The highest BCUT2D eigenvalue weighted by atomic mass is 16.6. The van der Waals surface area contributed by atoms with Crippen molar-refractivity contribution in [1.29, 1.82) is 0 Å². The first-order valence-electron chi connectivity index (χ1n) is 37.1. The van der Waals surface area contributed by atoms with Gasteiger partial charge in [-0.3, -0.25) is 14.4 Å². The van der Waals surface area contributed by atoms with E-state index < -0.39 is 6.10 Å². The Morgan fingerprint density at radius 3 is 0.711 bits per heavy atom. The van der Waals surface area contributed by atoms with E-state index in [1.165, 1.54) is 289 Å². The van der Waals surface area contributed by atoms with Gasteiger partial charge in [0.05, 0.1) is 0 Å². The zero-order valence-corrected chi connectivity index (χ0v) is 56.0. The summed E-state index contributed by atoms with van der Waals surface area (Å²) in [5, 5.41) is 0. The van der Waals surface area contributed by atoms with E-state index in [9.17, 15) is 14.4 Å². The second-order valence-corrected chi connectivity index (χ2v) is 25.2. The molecule has 0 aliphatic carbocycles. The van der Waals surface area contributed by atoms with Gasteiger partial charge in [-0.15, -0.1) is 0 Å². The fraction of sp³-hybridized carbons (Fsp3) is 0.857. The Kier molecular flexibility index (Phi) is 69.6. The van der Waals surface area contributed by atoms with Gasteiger partial charge >= 0.3 is 17.9 Å². The first-order valence-corrected chi connectivity index (χ1v) is 37.1. The van der Waals surface area contributed by atoms with E-state index in [1.807, 2.05) is 0 Å². The van der Waals surface area contributed by atoms with Crippen molar-refractivity contribution in [2.45, 2.75) is 412 Å². The molecule has 0 rings (SSSR count). The zero-order chi connectivity index (χ0) is 59.9. The quantitative estimate of drug-likeness (QED) is 0.0261. The third-order valence-corrected chi connectivity index (χ3v) is 16.8. The monoisotopic (exact) mass is 1160 g/mol. The highest BCUT2D eigenvalue weighted by Gasteiger charge is 2.19. The maximum atomic E-state index is 13.0. The molecular formula is C77H142O6. The summed E-state index contributed by atoms with van der Waals surface area (Å²) in [5.41, 5.74) is 0. The highest BCUT2D eigenvalue weighted by molar-refractivity contribution is 5.71. The number of esters is 3. The van der Waals surface area contributed by atoms with Crippen LogP contribution in [-0.2, 0) is 28.6 Å². The molecule has 1 unspecified atom stereocenters. The molecule has 1 atom stereocenters. The smallest absolute Gasteiger partial charge is 0.306 e. The molecule has 0 saturated carbocycles. The summed E-state index contributed by atoms with van der Waals surface area (Å²) in [6.07, 6.45) is 91.4. The Bertz CT molecular complexity index is 1430. The lowest BCUT2D eigenvalue weighted by molar-refractivity contribution is -0.167. The first kappa shape index (κ1) is 80.4. The number of allylic oxidation sites excluding steroid dienone is 8. The molecule has 0 aromatic rings. The number of hydrogen-bond donors (Lipinski definition) is 0. The Morgan fingerprint density at radius 1 is 0.241 bits per heavy atom. The van der Waals surface area contributed by atoms with Gasteiger partial charge < -0.3 is 14.2 Å². The second kappa shape index (κ2) is 71.8. The summed E-state index contributed by atoms with van der Waals surface area (Å²) in [6, 6.07) is 0. The molecular weight excluding hydrogens is 1020 g/mol. The minimum absolute atomic E-state index is 0.0727. The molecule has 0 N–H and O–H groups in total. The van der Waals surface area contributed by atoms with Gasteiger partial charge in [-0.2, -0.15) is 0 Å². The van der Waals surface area contributed by atoms with Crippen LogP contribution in [0.4, 0.5) is 0 Å². The molecule has 0 radical (unpaired) electrons. The van der Waals surface area contributed by atoms with E-state index in [1.54, 1.807) is 0 Å². The molecule has 0 aliphatic heterocycles. The van der Waals surface area contributed by atoms with Gasteiger partial charge in [-0.1, -0.05) is 352 Å². The molecule has 0 aromatic carbocycles. The van der Waals surface area contributed by atoms with E-state index in [0.717, 1.165) is 77.0 Å². The van der Waals surface area contributed by atoms with Gasteiger partial charge in [0, 0.05) is 19.3 Å². The van der Waals surface area contributed by atoms with Crippen LogP contribution < -0.4 is 0 Å². The van der Waals surface area contributed by atoms with Gasteiger partial charge in [0.25, 0.3) is 0 Å². The average Bonchev–Trinajstić information content (AvgIpc) is 3.49. The lowest BCUT2D eigenvalue weighted by Crippen LogP contribution is -2.30. The van der Waals surface area contributed by atoms with Gasteiger partial charge in [0.2, 0.25) is 0 Å². The molecule has 0 bridgehead atoms. The van der Waals surface area contributed by atoms with Gasteiger partial charge in [0.1, 0.15) is 13.2 Å². The predicted molar refractivity (Wildman–Crippen MR) is 362 cm³/mol. The standard InChI is InChI=1S/C77H142O6/c1-4-7-10-13-16-19-22-25-28-31-34-36-37-38-39-41-43-46-49-52-55-58-61-64-67-70-76(79)82-73-74(72-81-75(78)69-66-63-60-57-54-51-48-45-42-33-30-27-24-21-18-15-12-9-6-3)83-77(80)71-68-65-62-59-56-53-50-47-44-40-35-32-29-26-23-20-17-14-11-8-5-2/h18,21,27,30-31,34,42,45,74H,4-17,19-20,22-26,28-29,32-33,35-41,43-44,46-73H2,1-3H3/b21-18-,30-27-,34-31-,45-42-. The Labute approximate surface area is 518 Å². The number of hydrogen-bond acceptors (Lipinski definition) is 6. The molecule has 0 amide bonds. The van der Waals surface area contributed by atoms with Crippen LogP contribution in [0, 0.1) is 0 Å². The van der Waals surface area contributed by atoms with Gasteiger partial charge in [0.15, 0.2) is 6.10 Å². The fourth-order valence-electron chi connectivity index (χ4n) is 11.2. The summed E-state index contributed by atoms with van der Waals surface area (Å²) in [7, 11) is 0. The molecule has 0 heterocycles. The van der Waals surface area contributed by atoms with Crippen molar-refractivity contribution < 1.29 is 28.6 Å². The summed E-state index contributed by atoms with van der Waals surface area (Å²) in [5.74, 6) is -0.855. The molecule has 486 valence electrons. The number of ether oxygens (including phenoxy) is 3. The number of carbonyl (C=O) groups excluding carboxylic acids is 3. The van der Waals surface area contributed by atoms with Crippen LogP contribution in [0.1, 0.15) is 406 Å². The summed E-state index contributed by atoms with van der Waals surface area (Å²) in [6.45, 7) is 6.68. The molecule has 6 heteroatoms. The second-order valence-electron chi connectivity index (χ2n) is 25.2. The predicted octanol–water partition coefficient (Wildman–Crippen LogP) is 25.7. The van der Waals surface area contributed by atoms with E-state index in [-0.39, 0.29) is 31.1 Å². The molecule has 0 aromatic heterocycles. The van der Waals surface area contributed by atoms with Crippen LogP contribution in [-0.4, -0.2) is 37.2 Å². The Morgan fingerprint density at radius 2 is 0.434 bits per heavy atom. The maximum Gasteiger partial charge on any atom is 0.306 e. The van der Waals surface area contributed by atoms with Crippen molar-refractivity contribution in [3.8, 4) is 0 Å². The van der Waals surface area contributed by atoms with Crippen LogP contribution in [0.5, 0.6) is 0 Å². The third-order valence-electron chi connectivity index (χ3n) is 16.8. The average molecular weight is 1160 g/mol. The number of rotatable bonds is 69. The third kappa shape index (κ3) is 70.0. The summed E-state index contributed by atoms with van der Waals surface area (Å²) >= 11 is 0. The van der Waals surface area contributed by atoms with Crippen molar-refractivity contribution in [2.24, 2.45) is 0 Å².